The number of benzene rings is 2. The number of nitrogens with one attached hydrogen (secondary N) is 2. The highest BCUT2D eigenvalue weighted by atomic mass is 32.2. The molecule has 2 aromatic carbocycles. The Kier molecular flexibility index (Phi) is 6.14. The van der Waals surface area contributed by atoms with E-state index in [4.69, 9.17) is 9.47 Å². The van der Waals surface area contributed by atoms with Crippen molar-refractivity contribution in [3.05, 3.63) is 47.5 Å². The Labute approximate surface area is 171 Å². The van der Waals surface area contributed by atoms with E-state index in [1.165, 1.54) is 25.3 Å². The molecule has 0 unspecified atom stereocenters. The Bertz CT molecular complexity index is 1010. The third kappa shape index (κ3) is 5.27. The van der Waals surface area contributed by atoms with Gasteiger partial charge in [0.1, 0.15) is 16.4 Å². The minimum Gasteiger partial charge on any atom is -0.495 e. The summed E-state index contributed by atoms with van der Waals surface area (Å²) in [6.07, 6.45) is 1.69. The summed E-state index contributed by atoms with van der Waals surface area (Å²) in [6.45, 7) is 5.75. The van der Waals surface area contributed by atoms with Crippen LogP contribution in [0, 0.1) is 6.92 Å². The van der Waals surface area contributed by atoms with Gasteiger partial charge in [-0.15, -0.1) is 0 Å². The normalized spacial score (nSPS) is 14.0. The molecule has 2 N–H and O–H groups in total. The Hall–Kier alpha value is -2.58. The molecule has 156 valence electrons. The third-order valence-electron chi connectivity index (χ3n) is 4.43. The van der Waals surface area contributed by atoms with Crippen LogP contribution in [0.1, 0.15) is 42.6 Å². The van der Waals surface area contributed by atoms with Gasteiger partial charge >= 0.3 is 0 Å². The van der Waals surface area contributed by atoms with Gasteiger partial charge in [0.25, 0.3) is 5.91 Å². The lowest BCUT2D eigenvalue weighted by atomic mass is 10.1. The summed E-state index contributed by atoms with van der Waals surface area (Å²) in [7, 11) is -2.37. The minimum atomic E-state index is -3.77. The zero-order valence-electron chi connectivity index (χ0n) is 17.0. The maximum absolute atomic E-state index is 12.7. The van der Waals surface area contributed by atoms with Gasteiger partial charge in [0, 0.05) is 17.3 Å². The van der Waals surface area contributed by atoms with Gasteiger partial charge in [0.05, 0.1) is 13.2 Å². The van der Waals surface area contributed by atoms with Crippen molar-refractivity contribution < 1.29 is 22.7 Å². The average molecular weight is 419 g/mol. The molecule has 0 bridgehead atoms. The van der Waals surface area contributed by atoms with Crippen molar-refractivity contribution in [2.45, 2.75) is 50.7 Å². The molecule has 1 saturated carbocycles. The van der Waals surface area contributed by atoms with Gasteiger partial charge in [-0.1, -0.05) is 0 Å². The van der Waals surface area contributed by atoms with Crippen LogP contribution in [-0.4, -0.2) is 33.6 Å². The predicted octanol–water partition coefficient (Wildman–Crippen LogP) is 3.48. The van der Waals surface area contributed by atoms with Gasteiger partial charge in [0.2, 0.25) is 10.0 Å². The van der Waals surface area contributed by atoms with Crippen LogP contribution in [0.25, 0.3) is 0 Å². The summed E-state index contributed by atoms with van der Waals surface area (Å²) in [5, 5.41) is 2.83. The quantitative estimate of drug-likeness (QED) is 0.685. The van der Waals surface area contributed by atoms with Crippen LogP contribution in [0.3, 0.4) is 0 Å². The average Bonchev–Trinajstić information content (AvgIpc) is 3.46. The number of hydrogen-bond acceptors (Lipinski definition) is 5. The van der Waals surface area contributed by atoms with Crippen molar-refractivity contribution in [1.29, 1.82) is 0 Å². The van der Waals surface area contributed by atoms with Crippen molar-refractivity contribution >= 4 is 21.6 Å². The van der Waals surface area contributed by atoms with Crippen LogP contribution < -0.4 is 19.5 Å². The molecule has 1 aliphatic rings. The molecule has 0 atom stereocenters. The number of ether oxygens (including phenoxy) is 2. The van der Waals surface area contributed by atoms with Crippen LogP contribution >= 0.6 is 0 Å². The number of carbonyl (C=O) groups excluding carboxylic acids is 1. The first-order valence-corrected chi connectivity index (χ1v) is 11.0. The summed E-state index contributed by atoms with van der Waals surface area (Å²) in [5.41, 5.74) is 1.69. The molecule has 1 amide bonds. The summed E-state index contributed by atoms with van der Waals surface area (Å²) in [6, 6.07) is 9.71. The second-order valence-corrected chi connectivity index (χ2v) is 9.04. The lowest BCUT2D eigenvalue weighted by molar-refractivity contribution is 0.102. The number of anilines is 1. The molecule has 0 heterocycles. The monoisotopic (exact) mass is 418 g/mol. The van der Waals surface area contributed by atoms with Crippen molar-refractivity contribution in [1.82, 2.24) is 4.72 Å². The van der Waals surface area contributed by atoms with Gasteiger partial charge in [0.15, 0.2) is 0 Å². The maximum Gasteiger partial charge on any atom is 0.255 e. The van der Waals surface area contributed by atoms with Crippen molar-refractivity contribution in [2.24, 2.45) is 0 Å². The fourth-order valence-electron chi connectivity index (χ4n) is 2.83. The number of aryl methyl sites for hydroxylation is 1. The molecule has 1 fully saturated rings. The van der Waals surface area contributed by atoms with Gasteiger partial charge in [-0.25, -0.2) is 13.1 Å². The second kappa shape index (κ2) is 8.42. The largest absolute Gasteiger partial charge is 0.495 e. The van der Waals surface area contributed by atoms with Gasteiger partial charge in [-0.2, -0.15) is 0 Å². The summed E-state index contributed by atoms with van der Waals surface area (Å²) < 4.78 is 38.7. The Morgan fingerprint density at radius 2 is 1.86 bits per heavy atom. The molecule has 7 nitrogen and oxygen atoms in total. The highest BCUT2D eigenvalue weighted by Gasteiger charge is 2.30. The van der Waals surface area contributed by atoms with Crippen LogP contribution in [-0.2, 0) is 10.0 Å². The number of hydrogen-bond donors (Lipinski definition) is 2. The number of carbonyl (C=O) groups is 1. The molecule has 8 heteroatoms. The maximum atomic E-state index is 12.7. The van der Waals surface area contributed by atoms with Crippen molar-refractivity contribution in [2.75, 3.05) is 12.4 Å². The van der Waals surface area contributed by atoms with Crippen LogP contribution in [0.15, 0.2) is 41.3 Å². The molecule has 0 saturated heterocycles. The van der Waals surface area contributed by atoms with E-state index in [1.54, 1.807) is 12.1 Å². The third-order valence-corrected chi connectivity index (χ3v) is 5.97. The topological polar surface area (TPSA) is 93.7 Å². The van der Waals surface area contributed by atoms with Gasteiger partial charge in [-0.3, -0.25) is 4.79 Å². The molecule has 29 heavy (non-hydrogen) atoms. The lowest BCUT2D eigenvalue weighted by Crippen LogP contribution is -2.26. The van der Waals surface area contributed by atoms with Crippen LogP contribution in [0.2, 0.25) is 0 Å². The predicted molar refractivity (Wildman–Crippen MR) is 111 cm³/mol. The second-order valence-electron chi connectivity index (χ2n) is 7.36. The number of amides is 1. The first-order valence-electron chi connectivity index (χ1n) is 9.48. The smallest absolute Gasteiger partial charge is 0.255 e. The van der Waals surface area contributed by atoms with E-state index in [-0.39, 0.29) is 28.4 Å². The molecule has 0 aliphatic heterocycles. The van der Waals surface area contributed by atoms with E-state index in [9.17, 15) is 13.2 Å². The SMILES string of the molecule is COc1ccc(C(=O)Nc2ccc(OC(C)C)cc2C)cc1S(=O)(=O)NC1CC1. The van der Waals surface area contributed by atoms with Crippen molar-refractivity contribution in [3.63, 3.8) is 0 Å². The van der Waals surface area contributed by atoms with E-state index in [2.05, 4.69) is 10.0 Å². The molecule has 2 aromatic rings. The molecule has 1 aliphatic carbocycles. The van der Waals surface area contributed by atoms with E-state index in [0.29, 0.717) is 5.69 Å². The zero-order valence-corrected chi connectivity index (χ0v) is 17.8. The van der Waals surface area contributed by atoms with Gasteiger partial charge in [-0.05, 0) is 75.6 Å². The fraction of sp³-hybridized carbons (Fsp3) is 0.381. The molecule has 0 spiro atoms. The standard InChI is InChI=1S/C21H26N2O5S/c1-13(2)28-17-8-9-18(14(3)11-17)22-21(24)15-5-10-19(27-4)20(12-15)29(25,26)23-16-6-7-16/h5,8-13,16,23H,6-7H2,1-4H3,(H,22,24). The Balaban J connectivity index is 1.83. The summed E-state index contributed by atoms with van der Waals surface area (Å²) >= 11 is 0. The summed E-state index contributed by atoms with van der Waals surface area (Å²) in [4.78, 5) is 12.7. The highest BCUT2D eigenvalue weighted by Crippen LogP contribution is 2.29. The first-order chi connectivity index (χ1) is 13.7. The molecular weight excluding hydrogens is 392 g/mol. The zero-order chi connectivity index (χ0) is 21.2. The van der Waals surface area contributed by atoms with E-state index < -0.39 is 15.9 Å². The minimum absolute atomic E-state index is 0.0445. The Morgan fingerprint density at radius 1 is 1.14 bits per heavy atom. The van der Waals surface area contributed by atoms with E-state index in [1.807, 2.05) is 26.8 Å². The van der Waals surface area contributed by atoms with Gasteiger partial charge < -0.3 is 14.8 Å². The van der Waals surface area contributed by atoms with Crippen molar-refractivity contribution in [3.8, 4) is 11.5 Å². The number of rotatable bonds is 8. The molecular formula is C21H26N2O5S. The van der Waals surface area contributed by atoms with E-state index >= 15 is 0 Å². The van der Waals surface area contributed by atoms with E-state index in [0.717, 1.165) is 24.2 Å². The summed E-state index contributed by atoms with van der Waals surface area (Å²) in [5.74, 6) is 0.511. The molecule has 3 rings (SSSR count). The highest BCUT2D eigenvalue weighted by molar-refractivity contribution is 7.89. The first kappa shape index (κ1) is 21.1. The molecule has 0 aromatic heterocycles. The van der Waals surface area contributed by atoms with Crippen LogP contribution in [0.4, 0.5) is 5.69 Å². The lowest BCUT2D eigenvalue weighted by Gasteiger charge is -2.14. The number of methoxy groups -OCH3 is 1. The van der Waals surface area contributed by atoms with Crippen LogP contribution in [0.5, 0.6) is 11.5 Å². The fourth-order valence-corrected chi connectivity index (χ4v) is 4.33. The number of sulfonamides is 1. The molecule has 0 radical (unpaired) electrons. The Morgan fingerprint density at radius 3 is 2.45 bits per heavy atom.